The number of rotatable bonds is 7. The van der Waals surface area contributed by atoms with E-state index >= 15 is 0 Å². The molecule has 1 aliphatic heterocycles. The predicted molar refractivity (Wildman–Crippen MR) is 106 cm³/mol. The number of hydrogen-bond donors (Lipinski definition) is 1. The maximum Gasteiger partial charge on any atom is 0.317 e. The number of nitrogens with zero attached hydrogens (tertiary/aromatic N) is 3. The fourth-order valence-corrected chi connectivity index (χ4v) is 3.54. The van der Waals surface area contributed by atoms with Crippen LogP contribution in [0.4, 0.5) is 4.79 Å². The van der Waals surface area contributed by atoms with Crippen LogP contribution in [0.25, 0.3) is 0 Å². The highest BCUT2D eigenvalue weighted by Crippen LogP contribution is 2.32. The van der Waals surface area contributed by atoms with E-state index in [1.165, 1.54) is 24.0 Å². The quantitative estimate of drug-likeness (QED) is 0.821. The van der Waals surface area contributed by atoms with Crippen LogP contribution >= 0.6 is 0 Å². The van der Waals surface area contributed by atoms with Gasteiger partial charge in [0.15, 0.2) is 0 Å². The molecule has 1 aromatic carbocycles. The lowest BCUT2D eigenvalue weighted by Gasteiger charge is -2.45. The van der Waals surface area contributed by atoms with Gasteiger partial charge in [0, 0.05) is 51.2 Å². The largest absolute Gasteiger partial charge is 0.334 e. The Morgan fingerprint density at radius 2 is 1.81 bits per heavy atom. The average Bonchev–Trinajstić information content (AvgIpc) is 3.45. The topological polar surface area (TPSA) is 48.5 Å². The molecule has 0 spiro atoms. The molecule has 1 saturated heterocycles. The van der Waals surface area contributed by atoms with Crippen molar-refractivity contribution in [2.75, 3.05) is 19.6 Å². The predicted octanol–water partition coefficient (Wildman–Crippen LogP) is 3.20. The molecule has 2 fully saturated rings. The Morgan fingerprint density at radius 3 is 2.48 bits per heavy atom. The van der Waals surface area contributed by atoms with Crippen LogP contribution in [-0.2, 0) is 13.1 Å². The van der Waals surface area contributed by atoms with Crippen LogP contribution in [0.15, 0.2) is 48.8 Å². The number of carbonyl (C=O) groups is 1. The van der Waals surface area contributed by atoms with Gasteiger partial charge >= 0.3 is 6.03 Å². The van der Waals surface area contributed by atoms with E-state index < -0.39 is 0 Å². The molecular formula is C22H28N4O. The van der Waals surface area contributed by atoms with Gasteiger partial charge in [-0.2, -0.15) is 0 Å². The third kappa shape index (κ3) is 4.86. The Kier molecular flexibility index (Phi) is 5.39. The second kappa shape index (κ2) is 8.09. The summed E-state index contributed by atoms with van der Waals surface area (Å²) in [5.41, 5.74) is 3.67. The SMILES string of the molecule is Cc1ccc(CNC(=O)N2CC(N(Cc3ccncc3)CC3CC3)C2)cc1. The van der Waals surface area contributed by atoms with Crippen LogP contribution in [0, 0.1) is 12.8 Å². The van der Waals surface area contributed by atoms with Crippen molar-refractivity contribution in [3.05, 3.63) is 65.5 Å². The first-order chi connectivity index (χ1) is 13.2. The Balaban J connectivity index is 1.26. The molecule has 5 heteroatoms. The monoisotopic (exact) mass is 364 g/mol. The van der Waals surface area contributed by atoms with Crippen molar-refractivity contribution in [3.8, 4) is 0 Å². The Bertz CT molecular complexity index is 752. The highest BCUT2D eigenvalue weighted by atomic mass is 16.2. The van der Waals surface area contributed by atoms with Gasteiger partial charge in [-0.05, 0) is 48.9 Å². The van der Waals surface area contributed by atoms with Crippen LogP contribution in [0.3, 0.4) is 0 Å². The van der Waals surface area contributed by atoms with E-state index in [9.17, 15) is 4.79 Å². The number of carbonyl (C=O) groups excluding carboxylic acids is 1. The van der Waals surface area contributed by atoms with Crippen LogP contribution in [0.1, 0.15) is 29.5 Å². The molecule has 1 N–H and O–H groups in total. The lowest BCUT2D eigenvalue weighted by Crippen LogP contribution is -2.62. The molecule has 1 aromatic heterocycles. The van der Waals surface area contributed by atoms with Gasteiger partial charge < -0.3 is 10.2 Å². The summed E-state index contributed by atoms with van der Waals surface area (Å²) in [7, 11) is 0. The maximum atomic E-state index is 12.4. The van der Waals surface area contributed by atoms with Crippen LogP contribution in [-0.4, -0.2) is 46.5 Å². The van der Waals surface area contributed by atoms with Gasteiger partial charge in [0.05, 0.1) is 0 Å². The summed E-state index contributed by atoms with van der Waals surface area (Å²) < 4.78 is 0. The molecule has 0 radical (unpaired) electrons. The molecule has 4 rings (SSSR count). The van der Waals surface area contributed by atoms with Gasteiger partial charge in [0.25, 0.3) is 0 Å². The first kappa shape index (κ1) is 18.0. The Hall–Kier alpha value is -2.40. The third-order valence-corrected chi connectivity index (χ3v) is 5.55. The molecular weight excluding hydrogens is 336 g/mol. The fraction of sp³-hybridized carbons (Fsp3) is 0.455. The first-order valence-corrected chi connectivity index (χ1v) is 9.88. The second-order valence-electron chi connectivity index (χ2n) is 7.93. The van der Waals surface area contributed by atoms with Crippen molar-refractivity contribution < 1.29 is 4.79 Å². The normalized spacial score (nSPS) is 17.0. The molecule has 1 aliphatic carbocycles. The molecule has 0 atom stereocenters. The Morgan fingerprint density at radius 1 is 1.11 bits per heavy atom. The van der Waals surface area contributed by atoms with Gasteiger partial charge in [0.1, 0.15) is 0 Å². The highest BCUT2D eigenvalue weighted by molar-refractivity contribution is 5.75. The maximum absolute atomic E-state index is 12.4. The van der Waals surface area contributed by atoms with Crippen molar-refractivity contribution in [1.82, 2.24) is 20.1 Å². The standard InChI is InChI=1S/C22H28N4O/c1-17-2-4-18(5-3-17)12-24-22(27)26-15-21(16-26)25(13-19-6-7-19)14-20-8-10-23-11-9-20/h2-5,8-11,19,21H,6-7,12-16H2,1H3,(H,24,27). The van der Waals surface area contributed by atoms with E-state index in [1.807, 2.05) is 17.3 Å². The van der Waals surface area contributed by atoms with Crippen molar-refractivity contribution in [2.45, 2.75) is 38.9 Å². The van der Waals surface area contributed by atoms with E-state index in [1.54, 1.807) is 0 Å². The minimum absolute atomic E-state index is 0.0436. The van der Waals surface area contributed by atoms with Gasteiger partial charge in [-0.3, -0.25) is 9.88 Å². The fourth-order valence-electron chi connectivity index (χ4n) is 3.54. The number of aryl methyl sites for hydroxylation is 1. The second-order valence-corrected chi connectivity index (χ2v) is 7.93. The van der Waals surface area contributed by atoms with E-state index in [0.717, 1.165) is 37.7 Å². The number of pyridine rings is 1. The lowest BCUT2D eigenvalue weighted by molar-refractivity contribution is 0.0484. The number of aromatic nitrogens is 1. The van der Waals surface area contributed by atoms with Gasteiger partial charge in [-0.1, -0.05) is 29.8 Å². The van der Waals surface area contributed by atoms with Crippen molar-refractivity contribution in [3.63, 3.8) is 0 Å². The first-order valence-electron chi connectivity index (χ1n) is 9.88. The summed E-state index contributed by atoms with van der Waals surface area (Å²) in [6.07, 6.45) is 6.41. The summed E-state index contributed by atoms with van der Waals surface area (Å²) in [4.78, 5) is 21.0. The van der Waals surface area contributed by atoms with Crippen molar-refractivity contribution in [1.29, 1.82) is 0 Å². The Labute approximate surface area is 161 Å². The molecule has 27 heavy (non-hydrogen) atoms. The van der Waals surface area contributed by atoms with Gasteiger partial charge in [-0.15, -0.1) is 0 Å². The highest BCUT2D eigenvalue weighted by Gasteiger charge is 2.37. The third-order valence-electron chi connectivity index (χ3n) is 5.55. The zero-order valence-corrected chi connectivity index (χ0v) is 16.0. The van der Waals surface area contributed by atoms with Crippen molar-refractivity contribution in [2.24, 2.45) is 5.92 Å². The van der Waals surface area contributed by atoms with Crippen LogP contribution < -0.4 is 5.32 Å². The number of benzene rings is 1. The molecule has 1 saturated carbocycles. The molecule has 2 aromatic rings. The minimum Gasteiger partial charge on any atom is -0.334 e. The van der Waals surface area contributed by atoms with Crippen molar-refractivity contribution >= 4 is 6.03 Å². The van der Waals surface area contributed by atoms with Gasteiger partial charge in [-0.25, -0.2) is 4.79 Å². The van der Waals surface area contributed by atoms with E-state index in [0.29, 0.717) is 12.6 Å². The average molecular weight is 364 g/mol. The summed E-state index contributed by atoms with van der Waals surface area (Å²) in [5.74, 6) is 0.844. The molecule has 2 aliphatic rings. The molecule has 0 bridgehead atoms. The van der Waals surface area contributed by atoms with Crippen LogP contribution in [0.2, 0.25) is 0 Å². The molecule has 2 amide bonds. The van der Waals surface area contributed by atoms with E-state index in [4.69, 9.17) is 0 Å². The smallest absolute Gasteiger partial charge is 0.317 e. The number of likely N-dealkylation sites (tertiary alicyclic amines) is 1. The number of hydrogen-bond acceptors (Lipinski definition) is 3. The molecule has 5 nitrogen and oxygen atoms in total. The molecule has 2 heterocycles. The summed E-state index contributed by atoms with van der Waals surface area (Å²) >= 11 is 0. The van der Waals surface area contributed by atoms with E-state index in [-0.39, 0.29) is 6.03 Å². The van der Waals surface area contributed by atoms with Gasteiger partial charge in [0.2, 0.25) is 0 Å². The zero-order valence-electron chi connectivity index (χ0n) is 16.0. The van der Waals surface area contributed by atoms with Crippen LogP contribution in [0.5, 0.6) is 0 Å². The van der Waals surface area contributed by atoms with E-state index in [2.05, 4.69) is 58.5 Å². The molecule has 142 valence electrons. The summed E-state index contributed by atoms with van der Waals surface area (Å²) in [6, 6.07) is 13.0. The minimum atomic E-state index is 0.0436. The lowest BCUT2D eigenvalue weighted by atomic mass is 10.1. The number of urea groups is 1. The summed E-state index contributed by atoms with van der Waals surface area (Å²) in [6.45, 7) is 6.38. The molecule has 0 unspecified atom stereocenters. The zero-order chi connectivity index (χ0) is 18.6. The summed E-state index contributed by atoms with van der Waals surface area (Å²) in [5, 5.41) is 3.04. The number of nitrogens with one attached hydrogen (secondary N) is 1. The number of amides is 2.